The summed E-state index contributed by atoms with van der Waals surface area (Å²) in [5, 5.41) is 3.50. The van der Waals surface area contributed by atoms with Gasteiger partial charge in [-0.3, -0.25) is 9.79 Å². The van der Waals surface area contributed by atoms with Gasteiger partial charge in [-0.15, -0.1) is 0 Å². The Morgan fingerprint density at radius 1 is 1.15 bits per heavy atom. The molecule has 0 bridgehead atoms. The SMILES string of the molecule is O=C1CN=C(c2ccccc2Cl)c2cc([125I])ccc2N1. The highest BCUT2D eigenvalue weighted by Crippen LogP contribution is 2.27. The van der Waals surface area contributed by atoms with Crippen LogP contribution in [0.5, 0.6) is 0 Å². The molecular formula is C15H10ClIN2O. The van der Waals surface area contributed by atoms with Gasteiger partial charge in [0.1, 0.15) is 6.54 Å². The minimum Gasteiger partial charge on any atom is -0.324 e. The Labute approximate surface area is 135 Å². The van der Waals surface area contributed by atoms with Gasteiger partial charge in [0.25, 0.3) is 0 Å². The molecule has 0 radical (unpaired) electrons. The maximum Gasteiger partial charge on any atom is 0.246 e. The van der Waals surface area contributed by atoms with E-state index in [-0.39, 0.29) is 12.5 Å². The first kappa shape index (κ1) is 13.6. The molecule has 0 fully saturated rings. The van der Waals surface area contributed by atoms with Crippen molar-refractivity contribution in [2.75, 3.05) is 11.9 Å². The molecule has 1 aliphatic rings. The first-order chi connectivity index (χ1) is 9.65. The second kappa shape index (κ2) is 5.54. The van der Waals surface area contributed by atoms with Crippen LogP contribution in [0.25, 0.3) is 0 Å². The molecule has 0 aliphatic carbocycles. The number of halogens is 2. The van der Waals surface area contributed by atoms with E-state index in [0.29, 0.717) is 5.02 Å². The minimum absolute atomic E-state index is 0.103. The number of amides is 1. The van der Waals surface area contributed by atoms with Gasteiger partial charge in [0.15, 0.2) is 0 Å². The predicted octanol–water partition coefficient (Wildman–Crippen LogP) is 3.73. The van der Waals surface area contributed by atoms with Crippen molar-refractivity contribution in [3.05, 3.63) is 62.2 Å². The molecular weight excluding hydrogens is 385 g/mol. The van der Waals surface area contributed by atoms with Crippen LogP contribution in [0.4, 0.5) is 5.69 Å². The van der Waals surface area contributed by atoms with Crippen LogP contribution in [-0.4, -0.2) is 18.2 Å². The molecule has 1 amide bonds. The van der Waals surface area contributed by atoms with Crippen molar-refractivity contribution < 1.29 is 4.79 Å². The van der Waals surface area contributed by atoms with Crippen molar-refractivity contribution in [2.24, 2.45) is 4.99 Å². The first-order valence-corrected chi connectivity index (χ1v) is 7.50. The van der Waals surface area contributed by atoms with Crippen LogP contribution < -0.4 is 5.32 Å². The molecule has 0 unspecified atom stereocenters. The monoisotopic (exact) mass is 394 g/mol. The van der Waals surface area contributed by atoms with Crippen LogP contribution >= 0.6 is 34.2 Å². The van der Waals surface area contributed by atoms with E-state index in [2.05, 4.69) is 32.9 Å². The number of carbonyl (C=O) groups is 1. The van der Waals surface area contributed by atoms with Crippen LogP contribution in [0.1, 0.15) is 11.1 Å². The first-order valence-electron chi connectivity index (χ1n) is 6.04. The van der Waals surface area contributed by atoms with Gasteiger partial charge in [-0.25, -0.2) is 0 Å². The second-order valence-electron chi connectivity index (χ2n) is 4.38. The van der Waals surface area contributed by atoms with Crippen molar-refractivity contribution in [3.8, 4) is 0 Å². The maximum atomic E-state index is 11.7. The average Bonchev–Trinajstić information content (AvgIpc) is 2.58. The minimum atomic E-state index is -0.116. The Bertz CT molecular complexity index is 728. The number of fused-ring (bicyclic) bond motifs is 1. The molecule has 3 rings (SSSR count). The summed E-state index contributed by atoms with van der Waals surface area (Å²) in [6.07, 6.45) is 0. The van der Waals surface area contributed by atoms with Gasteiger partial charge in [-0.05, 0) is 46.9 Å². The van der Waals surface area contributed by atoms with Crippen LogP contribution in [0.3, 0.4) is 0 Å². The Balaban J connectivity index is 2.23. The zero-order valence-electron chi connectivity index (χ0n) is 10.4. The van der Waals surface area contributed by atoms with Crippen molar-refractivity contribution in [1.82, 2.24) is 0 Å². The molecule has 1 aliphatic heterocycles. The van der Waals surface area contributed by atoms with Crippen LogP contribution in [-0.2, 0) is 4.79 Å². The molecule has 20 heavy (non-hydrogen) atoms. The van der Waals surface area contributed by atoms with Crippen LogP contribution in [0.2, 0.25) is 5.02 Å². The van der Waals surface area contributed by atoms with Crippen LogP contribution in [0, 0.1) is 3.57 Å². The van der Waals surface area contributed by atoms with Crippen molar-refractivity contribution in [1.29, 1.82) is 0 Å². The third kappa shape index (κ3) is 2.58. The number of carbonyl (C=O) groups excluding carboxylic acids is 1. The quantitative estimate of drug-likeness (QED) is 0.736. The smallest absolute Gasteiger partial charge is 0.246 e. The van der Waals surface area contributed by atoms with Crippen molar-refractivity contribution in [3.63, 3.8) is 0 Å². The maximum absolute atomic E-state index is 11.7. The van der Waals surface area contributed by atoms with Gasteiger partial charge in [0, 0.05) is 19.7 Å². The predicted molar refractivity (Wildman–Crippen MR) is 89.7 cm³/mol. The lowest BCUT2D eigenvalue weighted by atomic mass is 10.0. The van der Waals surface area contributed by atoms with E-state index in [1.807, 2.05) is 42.5 Å². The van der Waals surface area contributed by atoms with Gasteiger partial charge in [0.2, 0.25) is 5.91 Å². The summed E-state index contributed by atoms with van der Waals surface area (Å²) in [5.74, 6) is -0.116. The number of benzene rings is 2. The number of rotatable bonds is 1. The van der Waals surface area contributed by atoms with E-state index in [1.165, 1.54) is 0 Å². The fourth-order valence-electron chi connectivity index (χ4n) is 2.13. The summed E-state index contributed by atoms with van der Waals surface area (Å²) >= 11 is 8.51. The largest absolute Gasteiger partial charge is 0.324 e. The lowest BCUT2D eigenvalue weighted by Gasteiger charge is -2.11. The summed E-state index contributed by atoms with van der Waals surface area (Å²) in [7, 11) is 0. The fourth-order valence-corrected chi connectivity index (χ4v) is 2.85. The normalized spacial score (nSPS) is 14.1. The molecule has 0 saturated carbocycles. The van der Waals surface area contributed by atoms with Gasteiger partial charge < -0.3 is 5.32 Å². The van der Waals surface area contributed by atoms with Gasteiger partial charge in [-0.1, -0.05) is 29.8 Å². The van der Waals surface area contributed by atoms with Gasteiger partial charge >= 0.3 is 0 Å². The topological polar surface area (TPSA) is 41.5 Å². The fraction of sp³-hybridized carbons (Fsp3) is 0.0667. The third-order valence-corrected chi connectivity index (χ3v) is 4.02. The van der Waals surface area contributed by atoms with E-state index in [4.69, 9.17) is 11.6 Å². The summed E-state index contributed by atoms with van der Waals surface area (Å²) in [6.45, 7) is 0.103. The zero-order chi connectivity index (χ0) is 14.1. The molecule has 1 N–H and O–H groups in total. The average molecular weight is 395 g/mol. The van der Waals surface area contributed by atoms with Crippen molar-refractivity contribution in [2.45, 2.75) is 0 Å². The van der Waals surface area contributed by atoms with Gasteiger partial charge in [-0.2, -0.15) is 0 Å². The zero-order valence-corrected chi connectivity index (χ0v) is 13.3. The van der Waals surface area contributed by atoms with E-state index in [0.717, 1.165) is 26.1 Å². The van der Waals surface area contributed by atoms with E-state index in [1.54, 1.807) is 0 Å². The molecule has 0 spiro atoms. The number of aliphatic imine (C=N–C) groups is 1. The molecule has 1 heterocycles. The Hall–Kier alpha value is -1.40. The number of anilines is 1. The molecule has 100 valence electrons. The molecule has 0 saturated heterocycles. The Kier molecular flexibility index (Phi) is 3.76. The standard InChI is InChI=1S/C15H10ClIN2O/c16-12-4-2-1-3-10(12)15-11-7-9(17)5-6-13(11)19-14(20)8-18-15/h1-7H,8H2,(H,19,20)/i17-2. The van der Waals surface area contributed by atoms with Crippen LogP contribution in [0.15, 0.2) is 47.5 Å². The number of nitrogens with one attached hydrogen (secondary N) is 1. The second-order valence-corrected chi connectivity index (χ2v) is 6.04. The molecule has 2 aromatic carbocycles. The highest BCUT2D eigenvalue weighted by molar-refractivity contribution is 14.1. The number of benzodiazepines with no additional fused rings is 1. The lowest BCUT2D eigenvalue weighted by molar-refractivity contribution is -0.114. The third-order valence-electron chi connectivity index (χ3n) is 3.02. The lowest BCUT2D eigenvalue weighted by Crippen LogP contribution is -2.13. The summed E-state index contributed by atoms with van der Waals surface area (Å²) in [6, 6.07) is 13.4. The number of nitrogens with zero attached hydrogens (tertiary/aromatic N) is 1. The van der Waals surface area contributed by atoms with E-state index in [9.17, 15) is 4.79 Å². The summed E-state index contributed by atoms with van der Waals surface area (Å²) in [5.41, 5.74) is 3.26. The highest BCUT2D eigenvalue weighted by Gasteiger charge is 2.19. The van der Waals surface area contributed by atoms with Gasteiger partial charge in [0.05, 0.1) is 11.4 Å². The molecule has 5 heteroatoms. The van der Waals surface area contributed by atoms with E-state index < -0.39 is 0 Å². The summed E-state index contributed by atoms with van der Waals surface area (Å²) < 4.78 is 1.08. The number of hydrogen-bond acceptors (Lipinski definition) is 2. The molecule has 3 nitrogen and oxygen atoms in total. The molecule has 0 atom stereocenters. The Morgan fingerprint density at radius 3 is 2.75 bits per heavy atom. The van der Waals surface area contributed by atoms with Crippen molar-refractivity contribution >= 4 is 51.5 Å². The molecule has 0 aromatic heterocycles. The highest BCUT2D eigenvalue weighted by atomic mass is 125. The summed E-state index contributed by atoms with van der Waals surface area (Å²) in [4.78, 5) is 16.2. The van der Waals surface area contributed by atoms with E-state index >= 15 is 0 Å². The number of hydrogen-bond donors (Lipinski definition) is 1. The molecule has 2 aromatic rings. The Morgan fingerprint density at radius 2 is 1.95 bits per heavy atom.